The Morgan fingerprint density at radius 2 is 2.40 bits per heavy atom. The van der Waals surface area contributed by atoms with E-state index < -0.39 is 0 Å². The fourth-order valence-electron chi connectivity index (χ4n) is 1.84. The molecule has 1 aromatic rings. The molecule has 2 heterocycles. The minimum Gasteiger partial charge on any atom is -0.392 e. The molecule has 15 heavy (non-hydrogen) atoms. The summed E-state index contributed by atoms with van der Waals surface area (Å²) in [5, 5.41) is 9.22. The van der Waals surface area contributed by atoms with Gasteiger partial charge in [0.2, 0.25) is 0 Å². The average Bonchev–Trinajstić information content (AvgIpc) is 2.81. The van der Waals surface area contributed by atoms with Crippen LogP contribution < -0.4 is 0 Å². The Balaban J connectivity index is 2.28. The third kappa shape index (κ3) is 1.97. The fraction of sp³-hybridized carbons (Fsp3) is 0.333. The van der Waals surface area contributed by atoms with Crippen molar-refractivity contribution in [3.8, 4) is 0 Å². The van der Waals surface area contributed by atoms with Gasteiger partial charge in [-0.1, -0.05) is 6.92 Å². The van der Waals surface area contributed by atoms with Gasteiger partial charge in [-0.05, 0) is 22.8 Å². The van der Waals surface area contributed by atoms with Crippen LogP contribution in [-0.2, 0) is 6.61 Å². The summed E-state index contributed by atoms with van der Waals surface area (Å²) in [4.78, 5) is 8.12. The van der Waals surface area contributed by atoms with Gasteiger partial charge >= 0.3 is 0 Å². The summed E-state index contributed by atoms with van der Waals surface area (Å²) in [5.41, 5.74) is 3.33. The Bertz CT molecular complexity index is 410. The van der Waals surface area contributed by atoms with E-state index in [1.54, 1.807) is 12.4 Å². The molecule has 2 rings (SSSR count). The first-order valence-electron chi connectivity index (χ1n) is 5.07. The molecule has 1 aliphatic rings. The Kier molecular flexibility index (Phi) is 2.92. The van der Waals surface area contributed by atoms with Gasteiger partial charge in [-0.3, -0.25) is 9.98 Å². The summed E-state index contributed by atoms with van der Waals surface area (Å²) in [6.07, 6.45) is 8.22. The molecule has 0 saturated heterocycles. The zero-order chi connectivity index (χ0) is 10.7. The van der Waals surface area contributed by atoms with Crippen LogP contribution in [0.2, 0.25) is 0 Å². The van der Waals surface area contributed by atoms with Crippen molar-refractivity contribution in [2.45, 2.75) is 25.9 Å². The van der Waals surface area contributed by atoms with Crippen molar-refractivity contribution < 1.29 is 5.11 Å². The van der Waals surface area contributed by atoms with Crippen LogP contribution in [0.1, 0.15) is 30.4 Å². The number of allylic oxidation sites excluding steroid dienone is 1. The molecule has 0 spiro atoms. The van der Waals surface area contributed by atoms with Crippen LogP contribution in [-0.4, -0.2) is 16.3 Å². The van der Waals surface area contributed by atoms with Crippen molar-refractivity contribution in [3.05, 3.63) is 41.4 Å². The Labute approximate surface area is 89.2 Å². The lowest BCUT2D eigenvalue weighted by Gasteiger charge is -2.15. The second-order valence-corrected chi connectivity index (χ2v) is 3.69. The van der Waals surface area contributed by atoms with E-state index in [4.69, 9.17) is 0 Å². The van der Waals surface area contributed by atoms with E-state index in [9.17, 15) is 5.11 Å². The van der Waals surface area contributed by atoms with Gasteiger partial charge < -0.3 is 5.11 Å². The van der Waals surface area contributed by atoms with Crippen molar-refractivity contribution in [1.82, 2.24) is 4.98 Å². The molecular weight excluding hydrogens is 188 g/mol. The van der Waals surface area contributed by atoms with E-state index in [-0.39, 0.29) is 6.61 Å². The maximum atomic E-state index is 9.22. The Morgan fingerprint density at radius 3 is 3.07 bits per heavy atom. The lowest BCUT2D eigenvalue weighted by molar-refractivity contribution is 0.280. The second-order valence-electron chi connectivity index (χ2n) is 3.69. The molecule has 0 aliphatic carbocycles. The smallest absolute Gasteiger partial charge is 0.0699 e. The number of nitrogens with zero attached hydrogens (tertiary/aromatic N) is 2. The van der Waals surface area contributed by atoms with Gasteiger partial charge in [0.25, 0.3) is 0 Å². The number of rotatable bonds is 3. The maximum absolute atomic E-state index is 9.22. The van der Waals surface area contributed by atoms with Crippen molar-refractivity contribution >= 4 is 6.21 Å². The quantitative estimate of drug-likeness (QED) is 0.815. The first kappa shape index (κ1) is 10.1. The summed E-state index contributed by atoms with van der Waals surface area (Å²) >= 11 is 0. The molecule has 0 amide bonds. The Hall–Kier alpha value is -1.48. The molecule has 78 valence electrons. The van der Waals surface area contributed by atoms with Crippen LogP contribution in [0, 0.1) is 0 Å². The standard InChI is InChI=1S/C12H14N2O/c1-9(10-2-4-13-6-10)12-3-5-14-7-11(12)8-15/h3-7,9,15H,2,8H2,1H3. The van der Waals surface area contributed by atoms with E-state index in [1.165, 1.54) is 5.57 Å². The summed E-state index contributed by atoms with van der Waals surface area (Å²) < 4.78 is 0. The van der Waals surface area contributed by atoms with Crippen LogP contribution in [0.25, 0.3) is 0 Å². The van der Waals surface area contributed by atoms with Crippen LogP contribution >= 0.6 is 0 Å². The summed E-state index contributed by atoms with van der Waals surface area (Å²) in [6, 6.07) is 1.97. The van der Waals surface area contributed by atoms with Crippen LogP contribution in [0.15, 0.2) is 35.2 Å². The van der Waals surface area contributed by atoms with Crippen molar-refractivity contribution in [1.29, 1.82) is 0 Å². The van der Waals surface area contributed by atoms with Gasteiger partial charge in [0.1, 0.15) is 0 Å². The van der Waals surface area contributed by atoms with Gasteiger partial charge in [0.05, 0.1) is 6.61 Å². The number of pyridine rings is 1. The first-order chi connectivity index (χ1) is 7.33. The van der Waals surface area contributed by atoms with Gasteiger partial charge in [-0.2, -0.15) is 0 Å². The van der Waals surface area contributed by atoms with E-state index in [2.05, 4.69) is 16.9 Å². The topological polar surface area (TPSA) is 45.5 Å². The normalized spacial score (nSPS) is 16.5. The predicted octanol–water partition coefficient (Wildman–Crippen LogP) is 2.04. The lowest BCUT2D eigenvalue weighted by atomic mass is 9.90. The average molecular weight is 202 g/mol. The first-order valence-corrected chi connectivity index (χ1v) is 5.07. The molecule has 1 aliphatic heterocycles. The number of hydrogen-bond acceptors (Lipinski definition) is 3. The number of aliphatic hydroxyl groups is 1. The molecular formula is C12H14N2O. The predicted molar refractivity (Wildman–Crippen MR) is 59.8 cm³/mol. The molecule has 0 aromatic carbocycles. The summed E-state index contributed by atoms with van der Waals surface area (Å²) in [7, 11) is 0. The zero-order valence-corrected chi connectivity index (χ0v) is 8.72. The van der Waals surface area contributed by atoms with Crippen LogP contribution in [0.4, 0.5) is 0 Å². The second kappa shape index (κ2) is 4.36. The highest BCUT2D eigenvalue weighted by atomic mass is 16.3. The summed E-state index contributed by atoms with van der Waals surface area (Å²) in [5.74, 6) is 0.303. The molecule has 3 heteroatoms. The molecule has 0 fully saturated rings. The van der Waals surface area contributed by atoms with E-state index in [0.29, 0.717) is 5.92 Å². The highest BCUT2D eigenvalue weighted by Gasteiger charge is 2.15. The number of aliphatic hydroxyl groups excluding tert-OH is 1. The van der Waals surface area contributed by atoms with E-state index in [0.717, 1.165) is 17.5 Å². The minimum atomic E-state index is 0.0433. The van der Waals surface area contributed by atoms with Gasteiger partial charge in [-0.15, -0.1) is 0 Å². The lowest BCUT2D eigenvalue weighted by Crippen LogP contribution is -2.02. The molecule has 3 nitrogen and oxygen atoms in total. The van der Waals surface area contributed by atoms with Gasteiger partial charge in [-0.25, -0.2) is 0 Å². The largest absolute Gasteiger partial charge is 0.392 e. The molecule has 1 unspecified atom stereocenters. The third-order valence-corrected chi connectivity index (χ3v) is 2.81. The van der Waals surface area contributed by atoms with Crippen LogP contribution in [0.3, 0.4) is 0 Å². The molecule has 0 saturated carbocycles. The zero-order valence-electron chi connectivity index (χ0n) is 8.72. The van der Waals surface area contributed by atoms with Gasteiger partial charge in [0.15, 0.2) is 0 Å². The third-order valence-electron chi connectivity index (χ3n) is 2.81. The SMILES string of the molecule is CC(C1=CN=CC1)c1ccncc1CO. The maximum Gasteiger partial charge on any atom is 0.0699 e. The van der Waals surface area contributed by atoms with E-state index >= 15 is 0 Å². The fourth-order valence-corrected chi connectivity index (χ4v) is 1.84. The molecule has 1 atom stereocenters. The van der Waals surface area contributed by atoms with Crippen molar-refractivity contribution in [2.24, 2.45) is 4.99 Å². The monoisotopic (exact) mass is 202 g/mol. The van der Waals surface area contributed by atoms with Crippen LogP contribution in [0.5, 0.6) is 0 Å². The van der Waals surface area contributed by atoms with E-state index in [1.807, 2.05) is 18.5 Å². The highest BCUT2D eigenvalue weighted by Crippen LogP contribution is 2.29. The molecule has 1 aromatic heterocycles. The number of hydrogen-bond donors (Lipinski definition) is 1. The highest BCUT2D eigenvalue weighted by molar-refractivity contribution is 5.66. The molecule has 1 N–H and O–H groups in total. The minimum absolute atomic E-state index is 0.0433. The summed E-state index contributed by atoms with van der Waals surface area (Å²) in [6.45, 7) is 2.18. The number of aromatic nitrogens is 1. The molecule has 0 bridgehead atoms. The van der Waals surface area contributed by atoms with Gasteiger partial charge in [0, 0.05) is 37.1 Å². The van der Waals surface area contributed by atoms with Crippen molar-refractivity contribution in [2.75, 3.05) is 0 Å². The Morgan fingerprint density at radius 1 is 1.53 bits per heavy atom. The molecule has 0 radical (unpaired) electrons. The number of aliphatic imine (C=N–C) groups is 1. The van der Waals surface area contributed by atoms with Crippen molar-refractivity contribution in [3.63, 3.8) is 0 Å².